The lowest BCUT2D eigenvalue weighted by atomic mass is 9.97. The van der Waals surface area contributed by atoms with Crippen molar-refractivity contribution < 1.29 is 23.7 Å². The van der Waals surface area contributed by atoms with Gasteiger partial charge in [-0.3, -0.25) is 4.89 Å². The molecule has 0 spiro atoms. The van der Waals surface area contributed by atoms with Crippen molar-refractivity contribution in [1.82, 2.24) is 4.98 Å². The summed E-state index contributed by atoms with van der Waals surface area (Å²) in [5, 5.41) is 2.02. The highest BCUT2D eigenvalue weighted by atomic mass is 32.1. The first kappa shape index (κ1) is 23.0. The Morgan fingerprint density at radius 1 is 1.19 bits per heavy atom. The number of carbonyl (C=O) groups is 1. The maximum Gasteiger partial charge on any atom is 0.345 e. The summed E-state index contributed by atoms with van der Waals surface area (Å²) in [6.45, 7) is 6.64. The van der Waals surface area contributed by atoms with E-state index >= 15 is 0 Å². The highest BCUT2D eigenvalue weighted by Crippen LogP contribution is 2.26. The minimum atomic E-state index is -0.324. The van der Waals surface area contributed by atoms with E-state index in [9.17, 15) is 4.79 Å². The number of aryl methyl sites for hydroxylation is 2. The van der Waals surface area contributed by atoms with Crippen molar-refractivity contribution in [2.24, 2.45) is 5.92 Å². The zero-order valence-corrected chi connectivity index (χ0v) is 19.1. The molecule has 3 aromatic rings. The van der Waals surface area contributed by atoms with Crippen LogP contribution in [0.1, 0.15) is 43.7 Å². The summed E-state index contributed by atoms with van der Waals surface area (Å²) in [5.41, 5.74) is 2.04. The van der Waals surface area contributed by atoms with Crippen molar-refractivity contribution in [2.75, 3.05) is 13.2 Å². The second-order valence-electron chi connectivity index (χ2n) is 7.21. The maximum atomic E-state index is 12.0. The third kappa shape index (κ3) is 6.67. The van der Waals surface area contributed by atoms with Crippen molar-refractivity contribution in [3.8, 4) is 16.5 Å². The van der Waals surface area contributed by atoms with Crippen molar-refractivity contribution >= 4 is 17.3 Å². The third-order valence-corrected chi connectivity index (χ3v) is 5.80. The molecule has 0 saturated carbocycles. The summed E-state index contributed by atoms with van der Waals surface area (Å²) in [4.78, 5) is 27.2. The summed E-state index contributed by atoms with van der Waals surface area (Å²) in [6.07, 6.45) is 2.96. The molecular formula is C24H29NO5S. The molecule has 0 bridgehead atoms. The second-order valence-corrected chi connectivity index (χ2v) is 8.16. The molecule has 0 aliphatic carbocycles. The van der Waals surface area contributed by atoms with Crippen molar-refractivity contribution in [3.63, 3.8) is 0 Å². The van der Waals surface area contributed by atoms with Crippen molar-refractivity contribution in [2.45, 2.75) is 46.5 Å². The topological polar surface area (TPSA) is 70.8 Å². The number of ether oxygens (including phenoxy) is 1. The van der Waals surface area contributed by atoms with Crippen LogP contribution >= 0.6 is 11.3 Å². The Balaban J connectivity index is 1.44. The van der Waals surface area contributed by atoms with Crippen LogP contribution in [0, 0.1) is 12.8 Å². The SMILES string of the molecule is CCOOC(=O)[C@@H](CC)Cc1ccc(OCCCc2nc(-c3cccs3)oc2C)cc1. The molecule has 0 amide bonds. The van der Waals surface area contributed by atoms with Crippen LogP contribution in [0.3, 0.4) is 0 Å². The largest absolute Gasteiger partial charge is 0.494 e. The fraction of sp³-hybridized carbons (Fsp3) is 0.417. The Morgan fingerprint density at radius 2 is 2.00 bits per heavy atom. The molecule has 0 saturated heterocycles. The quantitative estimate of drug-likeness (QED) is 0.201. The zero-order valence-electron chi connectivity index (χ0n) is 18.3. The average molecular weight is 444 g/mol. The van der Waals surface area contributed by atoms with Gasteiger partial charge in [-0.1, -0.05) is 25.1 Å². The predicted molar refractivity (Wildman–Crippen MR) is 120 cm³/mol. The van der Waals surface area contributed by atoms with Crippen LogP contribution in [-0.4, -0.2) is 24.2 Å². The van der Waals surface area contributed by atoms with Gasteiger partial charge >= 0.3 is 5.97 Å². The summed E-state index contributed by atoms with van der Waals surface area (Å²) < 4.78 is 11.7. The molecule has 3 rings (SSSR count). The van der Waals surface area contributed by atoms with Crippen LogP contribution in [-0.2, 0) is 27.4 Å². The fourth-order valence-corrected chi connectivity index (χ4v) is 3.83. The Hall–Kier alpha value is -2.64. The van der Waals surface area contributed by atoms with Gasteiger partial charge in [-0.2, -0.15) is 4.89 Å². The van der Waals surface area contributed by atoms with E-state index < -0.39 is 0 Å². The van der Waals surface area contributed by atoms with Gasteiger partial charge < -0.3 is 9.15 Å². The van der Waals surface area contributed by atoms with Crippen LogP contribution in [0.4, 0.5) is 0 Å². The number of oxazole rings is 1. The Kier molecular flexibility index (Phi) is 8.67. The predicted octanol–water partition coefficient (Wildman–Crippen LogP) is 5.79. The Bertz CT molecular complexity index is 934. The van der Waals surface area contributed by atoms with E-state index in [4.69, 9.17) is 18.9 Å². The number of carbonyl (C=O) groups excluding carboxylic acids is 1. The minimum Gasteiger partial charge on any atom is -0.494 e. The highest BCUT2D eigenvalue weighted by Gasteiger charge is 2.19. The molecule has 166 valence electrons. The number of benzene rings is 1. The van der Waals surface area contributed by atoms with E-state index in [-0.39, 0.29) is 11.9 Å². The van der Waals surface area contributed by atoms with E-state index in [0.29, 0.717) is 31.9 Å². The molecule has 7 heteroatoms. The molecule has 0 N–H and O–H groups in total. The third-order valence-electron chi connectivity index (χ3n) is 4.94. The lowest BCUT2D eigenvalue weighted by molar-refractivity contribution is -0.273. The number of hydrogen-bond acceptors (Lipinski definition) is 7. The van der Waals surface area contributed by atoms with E-state index in [1.54, 1.807) is 18.3 Å². The van der Waals surface area contributed by atoms with Gasteiger partial charge in [0.15, 0.2) is 0 Å². The second kappa shape index (κ2) is 11.7. The van der Waals surface area contributed by atoms with Crippen LogP contribution in [0.2, 0.25) is 0 Å². The number of thiophene rings is 1. The number of rotatable bonds is 12. The standard InChI is InChI=1S/C24H29NO5S/c1-4-19(24(26)30-28-5-2)16-18-10-12-20(13-11-18)27-14-6-8-21-17(3)29-23(25-21)22-9-7-15-31-22/h7,9-13,15,19H,4-6,8,14,16H2,1-3H3/t19-/m0/s1. The molecular weight excluding hydrogens is 414 g/mol. The first-order valence-electron chi connectivity index (χ1n) is 10.7. The Morgan fingerprint density at radius 3 is 2.68 bits per heavy atom. The van der Waals surface area contributed by atoms with Crippen LogP contribution in [0.5, 0.6) is 5.75 Å². The maximum absolute atomic E-state index is 12.0. The van der Waals surface area contributed by atoms with Gasteiger partial charge in [0, 0.05) is 0 Å². The van der Waals surface area contributed by atoms with E-state index in [0.717, 1.165) is 40.5 Å². The minimum absolute atomic E-state index is 0.219. The van der Waals surface area contributed by atoms with E-state index in [1.807, 2.05) is 55.6 Å². The zero-order chi connectivity index (χ0) is 22.1. The molecule has 31 heavy (non-hydrogen) atoms. The lowest BCUT2D eigenvalue weighted by Gasteiger charge is -2.13. The molecule has 2 heterocycles. The summed E-state index contributed by atoms with van der Waals surface area (Å²) in [6, 6.07) is 11.9. The molecule has 2 aromatic heterocycles. The van der Waals surface area contributed by atoms with Crippen LogP contribution in [0.25, 0.3) is 10.8 Å². The van der Waals surface area contributed by atoms with Crippen molar-refractivity contribution in [1.29, 1.82) is 0 Å². The number of hydrogen-bond donors (Lipinski definition) is 0. The van der Waals surface area contributed by atoms with Crippen LogP contribution < -0.4 is 4.74 Å². The molecule has 0 unspecified atom stereocenters. The smallest absolute Gasteiger partial charge is 0.345 e. The summed E-state index contributed by atoms with van der Waals surface area (Å²) >= 11 is 1.62. The fourth-order valence-electron chi connectivity index (χ4n) is 3.18. The normalized spacial score (nSPS) is 12.0. The lowest BCUT2D eigenvalue weighted by Crippen LogP contribution is -2.19. The van der Waals surface area contributed by atoms with Crippen molar-refractivity contribution in [3.05, 3.63) is 58.8 Å². The van der Waals surface area contributed by atoms with Gasteiger partial charge in [0.05, 0.1) is 29.7 Å². The highest BCUT2D eigenvalue weighted by molar-refractivity contribution is 7.13. The average Bonchev–Trinajstić information content (AvgIpc) is 3.44. The molecule has 0 radical (unpaired) electrons. The first-order chi connectivity index (χ1) is 15.1. The number of nitrogens with zero attached hydrogens (tertiary/aromatic N) is 1. The molecule has 1 atom stereocenters. The van der Waals surface area contributed by atoms with E-state index in [2.05, 4.69) is 4.98 Å². The first-order valence-corrected chi connectivity index (χ1v) is 11.5. The molecule has 1 aromatic carbocycles. The van der Waals surface area contributed by atoms with Crippen LogP contribution in [0.15, 0.2) is 46.2 Å². The molecule has 6 nitrogen and oxygen atoms in total. The Labute approximate surface area is 187 Å². The summed E-state index contributed by atoms with van der Waals surface area (Å²) in [7, 11) is 0. The monoisotopic (exact) mass is 443 g/mol. The molecule has 0 fully saturated rings. The number of aromatic nitrogens is 1. The summed E-state index contributed by atoms with van der Waals surface area (Å²) in [5.74, 6) is 1.82. The van der Waals surface area contributed by atoms with Gasteiger partial charge in [0.25, 0.3) is 0 Å². The molecule has 0 aliphatic rings. The molecule has 0 aliphatic heterocycles. The van der Waals surface area contributed by atoms with E-state index in [1.165, 1.54) is 0 Å². The van der Waals surface area contributed by atoms with Gasteiger partial charge in [0.2, 0.25) is 5.89 Å². The van der Waals surface area contributed by atoms with Gasteiger partial charge in [0.1, 0.15) is 11.5 Å². The van der Waals surface area contributed by atoms with Gasteiger partial charge in [-0.15, -0.1) is 11.3 Å². The van der Waals surface area contributed by atoms with Gasteiger partial charge in [-0.25, -0.2) is 9.78 Å². The van der Waals surface area contributed by atoms with Gasteiger partial charge in [-0.05, 0) is 68.7 Å².